The van der Waals surface area contributed by atoms with E-state index in [0.717, 1.165) is 0 Å². The number of aromatic hydroxyl groups is 6. The number of para-hydroxylation sites is 2. The molecule has 22 nitrogen and oxygen atoms in total. The van der Waals surface area contributed by atoms with Gasteiger partial charge in [0.15, 0.2) is 85.6 Å². The van der Waals surface area contributed by atoms with Gasteiger partial charge in [-0.25, -0.2) is 0 Å². The summed E-state index contributed by atoms with van der Waals surface area (Å²) >= 11 is 0. The molecule has 64 heavy (non-hydrogen) atoms. The Labute approximate surface area is 366 Å². The van der Waals surface area contributed by atoms with Crippen LogP contribution >= 0.6 is 0 Å². The molecule has 4 aromatic carbocycles. The van der Waals surface area contributed by atoms with Crippen LogP contribution in [0.4, 0.5) is 0 Å². The summed E-state index contributed by atoms with van der Waals surface area (Å²) in [5.74, 6) is -1.87. The van der Waals surface area contributed by atoms with Crippen molar-refractivity contribution in [2.75, 3.05) is 52.9 Å². The van der Waals surface area contributed by atoms with Crippen molar-refractivity contribution in [3.8, 4) is 46.0 Å². The van der Waals surface area contributed by atoms with Gasteiger partial charge in [0.05, 0.1) is 49.5 Å². The Kier molecular flexibility index (Phi) is 20.1. The Morgan fingerprint density at radius 3 is 0.844 bits per heavy atom. The third-order valence-corrected chi connectivity index (χ3v) is 7.84. The van der Waals surface area contributed by atoms with Crippen LogP contribution in [-0.2, 0) is 29.0 Å². The van der Waals surface area contributed by atoms with E-state index in [2.05, 4.69) is 30.9 Å². The van der Waals surface area contributed by atoms with E-state index in [1.807, 2.05) is 0 Å². The molecule has 342 valence electrons. The molecule has 8 N–H and O–H groups in total. The summed E-state index contributed by atoms with van der Waals surface area (Å²) < 4.78 is 10.7. The SMILES string of the molecule is C[C@H](O)COc1cccc(/C=N/OCCO/N=C/c2ccc(/C=N/OCCO/N=C/c3ccc(/C=N/OCCO/N=C/c4cccc(OC[C@H](C)O)c4O)c(O)c3O)c(O)c2O)c1O. The summed E-state index contributed by atoms with van der Waals surface area (Å²) in [6, 6.07) is 15.4. The van der Waals surface area contributed by atoms with E-state index in [1.54, 1.807) is 50.2 Å². The molecule has 22 heteroatoms. The second-order valence-electron chi connectivity index (χ2n) is 13.0. The molecule has 0 saturated heterocycles. The number of oxime groups is 6. The number of nitrogens with zero attached hydrogens (tertiary/aromatic N) is 6. The molecule has 2 atom stereocenters. The topological polar surface area (TPSA) is 310 Å². The maximum Gasteiger partial charge on any atom is 0.167 e. The van der Waals surface area contributed by atoms with Gasteiger partial charge in [-0.2, -0.15) is 0 Å². The number of hydrogen-bond donors (Lipinski definition) is 8. The maximum absolute atomic E-state index is 10.4. The van der Waals surface area contributed by atoms with E-state index in [4.69, 9.17) is 38.5 Å². The van der Waals surface area contributed by atoms with Crippen LogP contribution in [0.1, 0.15) is 47.2 Å². The van der Waals surface area contributed by atoms with Crippen molar-refractivity contribution in [3.05, 3.63) is 94.0 Å². The molecule has 0 fully saturated rings. The summed E-state index contributed by atoms with van der Waals surface area (Å²) in [4.78, 5) is 30.6. The molecule has 0 aliphatic carbocycles. The van der Waals surface area contributed by atoms with Crippen molar-refractivity contribution >= 4 is 37.3 Å². The first-order valence-electron chi connectivity index (χ1n) is 19.2. The zero-order chi connectivity index (χ0) is 46.1. The van der Waals surface area contributed by atoms with Crippen LogP contribution in [0.3, 0.4) is 0 Å². The fraction of sp³-hybridized carbons (Fsp3) is 0.286. The minimum Gasteiger partial charge on any atom is -0.504 e. The highest BCUT2D eigenvalue weighted by atomic mass is 16.7. The predicted molar refractivity (Wildman–Crippen MR) is 231 cm³/mol. The first-order valence-corrected chi connectivity index (χ1v) is 19.2. The summed E-state index contributed by atoms with van der Waals surface area (Å²) in [5, 5.41) is 103. The molecule has 0 unspecified atom stereocenters. The van der Waals surface area contributed by atoms with Gasteiger partial charge in [-0.1, -0.05) is 43.1 Å². The number of benzene rings is 4. The van der Waals surface area contributed by atoms with Gasteiger partial charge >= 0.3 is 0 Å². The quantitative estimate of drug-likeness (QED) is 0.0183. The van der Waals surface area contributed by atoms with Crippen molar-refractivity contribution in [2.24, 2.45) is 30.9 Å². The third kappa shape index (κ3) is 16.1. The Hall–Kier alpha value is -7.98. The van der Waals surface area contributed by atoms with Crippen molar-refractivity contribution in [1.29, 1.82) is 0 Å². The van der Waals surface area contributed by atoms with Gasteiger partial charge in [-0.05, 0) is 62.4 Å². The number of phenols is 6. The zero-order valence-electron chi connectivity index (χ0n) is 34.6. The molecule has 0 radical (unpaired) electrons. The molecule has 0 amide bonds. The van der Waals surface area contributed by atoms with Gasteiger partial charge in [0.25, 0.3) is 0 Å². The normalized spacial score (nSPS) is 12.8. The number of aliphatic hydroxyl groups excluding tert-OH is 2. The monoisotopic (exact) mass is 892 g/mol. The smallest absolute Gasteiger partial charge is 0.167 e. The van der Waals surface area contributed by atoms with Crippen LogP contribution in [-0.4, -0.2) is 143 Å². The van der Waals surface area contributed by atoms with Crippen molar-refractivity contribution in [3.63, 3.8) is 0 Å². The molecular formula is C42H48N6O16. The largest absolute Gasteiger partial charge is 0.504 e. The summed E-state index contributed by atoms with van der Waals surface area (Å²) in [6.07, 6.45) is 5.85. The van der Waals surface area contributed by atoms with E-state index in [0.29, 0.717) is 11.1 Å². The van der Waals surface area contributed by atoms with Crippen LogP contribution in [0.2, 0.25) is 0 Å². The van der Waals surface area contributed by atoms with Gasteiger partial charge in [-0.3, -0.25) is 0 Å². The lowest BCUT2D eigenvalue weighted by Gasteiger charge is -2.10. The first-order chi connectivity index (χ1) is 31.0. The maximum atomic E-state index is 10.4. The van der Waals surface area contributed by atoms with Gasteiger partial charge in [-0.15, -0.1) is 0 Å². The third-order valence-electron chi connectivity index (χ3n) is 7.84. The lowest BCUT2D eigenvalue weighted by molar-refractivity contribution is 0.0552. The zero-order valence-corrected chi connectivity index (χ0v) is 34.6. The Balaban J connectivity index is 1.09. The molecule has 4 aromatic rings. The standard InChI is InChI=1S/C42H48N6O16/c1-27(49)25-57-35-7-3-5-29(37(35)51)19-43-59-13-15-61-45-21-31-9-11-33(41(55)39(31)53)23-47-63-17-18-64-48-24-34-12-10-32(40(54)42(34)56)22-46-62-16-14-60-44-20-30-6-4-8-36(38(30)52)58-26-28(2)50/h3-12,19-24,27-28,49-56H,13-18,25-26H2,1-2H3/b43-19+,44-20+,45-21+,46-22+,47-23+,48-24+/t27-,28-/m0/s1. The van der Waals surface area contributed by atoms with E-state index in [1.165, 1.54) is 61.6 Å². The van der Waals surface area contributed by atoms with Gasteiger partial charge in [0.1, 0.15) is 13.2 Å². The van der Waals surface area contributed by atoms with E-state index >= 15 is 0 Å². The molecule has 4 rings (SSSR count). The van der Waals surface area contributed by atoms with Gasteiger partial charge in [0, 0.05) is 33.4 Å². The van der Waals surface area contributed by atoms with Crippen LogP contribution in [0.5, 0.6) is 46.0 Å². The minimum absolute atomic E-state index is 0.00203. The van der Waals surface area contributed by atoms with Crippen LogP contribution in [0.25, 0.3) is 0 Å². The molecule has 0 spiro atoms. The lowest BCUT2D eigenvalue weighted by Crippen LogP contribution is -2.12. The van der Waals surface area contributed by atoms with Crippen molar-refractivity contribution in [2.45, 2.75) is 26.1 Å². The molecule has 0 aromatic heterocycles. The average molecular weight is 893 g/mol. The van der Waals surface area contributed by atoms with Crippen LogP contribution < -0.4 is 9.47 Å². The van der Waals surface area contributed by atoms with Crippen LogP contribution in [0.15, 0.2) is 91.6 Å². The Morgan fingerprint density at radius 2 is 0.609 bits per heavy atom. The van der Waals surface area contributed by atoms with Gasteiger partial charge in [0.2, 0.25) is 0 Å². The lowest BCUT2D eigenvalue weighted by atomic mass is 10.1. The number of aliphatic hydroxyl groups is 2. The average Bonchev–Trinajstić information content (AvgIpc) is 3.27. The molecular weight excluding hydrogens is 844 g/mol. The number of phenolic OH excluding ortho intramolecular Hbond substituents is 6. The van der Waals surface area contributed by atoms with Crippen molar-refractivity contribution in [1.82, 2.24) is 0 Å². The van der Waals surface area contributed by atoms with Crippen LogP contribution in [0, 0.1) is 0 Å². The fourth-order valence-corrected chi connectivity index (χ4v) is 4.68. The molecule has 0 saturated carbocycles. The second kappa shape index (κ2) is 26.4. The number of rotatable bonds is 27. The molecule has 0 aliphatic heterocycles. The predicted octanol–water partition coefficient (Wildman–Crippen LogP) is 3.64. The Bertz CT molecular complexity index is 2110. The summed E-state index contributed by atoms with van der Waals surface area (Å²) in [6.45, 7) is 3.00. The number of ether oxygens (including phenoxy) is 2. The van der Waals surface area contributed by atoms with Crippen molar-refractivity contribution < 1.29 is 79.4 Å². The number of hydrogen-bond acceptors (Lipinski definition) is 22. The van der Waals surface area contributed by atoms with E-state index < -0.39 is 35.2 Å². The van der Waals surface area contributed by atoms with Gasteiger partial charge < -0.3 is 79.4 Å². The Morgan fingerprint density at radius 1 is 0.375 bits per heavy atom. The van der Waals surface area contributed by atoms with E-state index in [-0.39, 0.29) is 98.1 Å². The fourth-order valence-electron chi connectivity index (χ4n) is 4.68. The molecule has 0 bridgehead atoms. The second-order valence-corrected chi connectivity index (χ2v) is 13.0. The molecule has 0 aliphatic rings. The summed E-state index contributed by atoms with van der Waals surface area (Å²) in [7, 11) is 0. The van der Waals surface area contributed by atoms with E-state index in [9.17, 15) is 40.9 Å². The highest BCUT2D eigenvalue weighted by molar-refractivity contribution is 5.92. The molecule has 0 heterocycles. The highest BCUT2D eigenvalue weighted by Gasteiger charge is 2.12. The highest BCUT2D eigenvalue weighted by Crippen LogP contribution is 2.33. The minimum atomic E-state index is -0.702. The summed E-state index contributed by atoms with van der Waals surface area (Å²) in [5.41, 5.74) is 1.25. The first kappa shape index (κ1) is 48.7.